The molecular formula is C20H20F2N10O10P2-2. The molecule has 7 heterocycles. The molecule has 20 nitrogen and oxygen atoms in total. The van der Waals surface area contributed by atoms with E-state index in [0.29, 0.717) is 0 Å². The van der Waals surface area contributed by atoms with Gasteiger partial charge in [0.1, 0.15) is 48.1 Å². The Labute approximate surface area is 243 Å². The van der Waals surface area contributed by atoms with E-state index in [1.54, 1.807) is 0 Å². The van der Waals surface area contributed by atoms with E-state index < -0.39 is 78.1 Å². The molecule has 0 radical (unpaired) electrons. The van der Waals surface area contributed by atoms with Crippen molar-refractivity contribution in [3.63, 3.8) is 0 Å². The predicted molar refractivity (Wildman–Crippen MR) is 134 cm³/mol. The third-order valence-corrected chi connectivity index (χ3v) is 9.09. The first-order chi connectivity index (χ1) is 20.9. The number of phosphoric ester groups is 2. The number of nitrogen functional groups attached to an aromatic ring is 2. The number of anilines is 2. The highest BCUT2D eigenvalue weighted by atomic mass is 31.2. The van der Waals surface area contributed by atoms with E-state index in [1.165, 1.54) is 0 Å². The average Bonchev–Trinajstić information content (AvgIpc) is 3.73. The summed E-state index contributed by atoms with van der Waals surface area (Å²) in [5, 5.41) is 0. The van der Waals surface area contributed by atoms with Gasteiger partial charge in [-0.15, -0.1) is 0 Å². The minimum Gasteiger partial charge on any atom is -0.756 e. The van der Waals surface area contributed by atoms with Crippen LogP contribution in [0.3, 0.4) is 0 Å². The summed E-state index contributed by atoms with van der Waals surface area (Å²) in [6.45, 7) is -1.99. The highest BCUT2D eigenvalue weighted by Crippen LogP contribution is 2.51. The van der Waals surface area contributed by atoms with Crippen LogP contribution in [0.2, 0.25) is 0 Å². The first kappa shape index (κ1) is 29.4. The van der Waals surface area contributed by atoms with Crippen LogP contribution in [0.5, 0.6) is 0 Å². The summed E-state index contributed by atoms with van der Waals surface area (Å²) in [7, 11) is -10.8. The molecule has 2 unspecified atom stereocenters. The number of nitrogens with zero attached hydrogens (tertiary/aromatic N) is 8. The van der Waals surface area contributed by atoms with Crippen LogP contribution in [0.4, 0.5) is 20.4 Å². The molecule has 4 aromatic heterocycles. The van der Waals surface area contributed by atoms with Crippen molar-refractivity contribution < 1.29 is 55.3 Å². The van der Waals surface area contributed by atoms with Crippen molar-refractivity contribution in [3.05, 3.63) is 25.3 Å². The van der Waals surface area contributed by atoms with E-state index in [9.17, 15) is 18.9 Å². The number of ether oxygens (including phenoxy) is 2. The minimum absolute atomic E-state index is 0.0186. The summed E-state index contributed by atoms with van der Waals surface area (Å²) in [5.41, 5.74) is 11.8. The van der Waals surface area contributed by atoms with Gasteiger partial charge in [0.15, 0.2) is 47.7 Å². The van der Waals surface area contributed by atoms with E-state index in [2.05, 4.69) is 29.9 Å². The topological polar surface area (TPSA) is 275 Å². The molecule has 4 N–H and O–H groups in total. The van der Waals surface area contributed by atoms with Crippen molar-refractivity contribution >= 4 is 49.6 Å². The van der Waals surface area contributed by atoms with Gasteiger partial charge in [0, 0.05) is 0 Å². The second-order valence-corrected chi connectivity index (χ2v) is 12.5. The number of hydrogen-bond donors (Lipinski definition) is 2. The van der Waals surface area contributed by atoms with Crippen LogP contribution >= 0.6 is 15.6 Å². The smallest absolute Gasteiger partial charge is 0.268 e. The molecule has 24 heteroatoms. The van der Waals surface area contributed by atoms with E-state index >= 15 is 8.78 Å². The Balaban J connectivity index is 1.17. The van der Waals surface area contributed by atoms with Gasteiger partial charge in [-0.1, -0.05) is 0 Å². The van der Waals surface area contributed by atoms with Crippen LogP contribution in [-0.4, -0.2) is 89.0 Å². The Bertz CT molecular complexity index is 1700. The Morgan fingerprint density at radius 2 is 1.14 bits per heavy atom. The highest BCUT2D eigenvalue weighted by molar-refractivity contribution is 7.46. The van der Waals surface area contributed by atoms with Gasteiger partial charge in [-0.25, -0.2) is 38.7 Å². The summed E-state index contributed by atoms with van der Waals surface area (Å²) < 4.78 is 90.5. The summed E-state index contributed by atoms with van der Waals surface area (Å²) >= 11 is 0. The Morgan fingerprint density at radius 1 is 0.727 bits per heavy atom. The molecule has 3 fully saturated rings. The number of hydrogen-bond acceptors (Lipinski definition) is 18. The molecule has 7 rings (SSSR count). The minimum atomic E-state index is -5.39. The first-order valence-electron chi connectivity index (χ1n) is 12.7. The number of aromatic nitrogens is 8. The van der Waals surface area contributed by atoms with Crippen LogP contribution in [0.1, 0.15) is 12.5 Å². The normalized spacial score (nSPS) is 38.3. The molecule has 44 heavy (non-hydrogen) atoms. The van der Waals surface area contributed by atoms with Crippen LogP contribution in [0.25, 0.3) is 22.3 Å². The quantitative estimate of drug-likeness (QED) is 0.245. The van der Waals surface area contributed by atoms with Crippen LogP contribution in [0.15, 0.2) is 25.3 Å². The number of rotatable bonds is 2. The van der Waals surface area contributed by atoms with Crippen molar-refractivity contribution in [1.29, 1.82) is 0 Å². The Hall–Kier alpha value is -3.30. The molecule has 0 amide bonds. The molecule has 0 spiro atoms. The predicted octanol–water partition coefficient (Wildman–Crippen LogP) is -0.944. The standard InChI is InChI=1S/C20H22F2N10O10P2/c21-9-13-7(39-19(9)31-5-29-11-15(23)25-3-27-17(11)31)1-37-43(33,34)42-14-8(2-38-44(35,36)41-13)40-20(10(14)22)32-6-30-12-16(24)26-4-28-18(12)32/h3-10,13-14,19-20H,1-2H2,(H,33,34)(H,35,36)(H2,23,25,27)(H2,24,26,28)/p-2/t7-,8-,9-,10-,13-,14-,19-,20-/m1/s1. The molecule has 3 aliphatic rings. The fourth-order valence-corrected chi connectivity index (χ4v) is 7.04. The zero-order chi connectivity index (χ0) is 31.0. The maximum absolute atomic E-state index is 15.8. The van der Waals surface area contributed by atoms with Gasteiger partial charge in [0.2, 0.25) is 0 Å². The molecule has 10 atom stereocenters. The maximum atomic E-state index is 15.8. The van der Waals surface area contributed by atoms with E-state index in [4.69, 9.17) is 39.0 Å². The lowest BCUT2D eigenvalue weighted by atomic mass is 10.1. The summed E-state index contributed by atoms with van der Waals surface area (Å²) in [5.74, 6) is -0.0372. The molecular weight excluding hydrogens is 640 g/mol. The van der Waals surface area contributed by atoms with E-state index in [-0.39, 0.29) is 34.0 Å². The summed E-state index contributed by atoms with van der Waals surface area (Å²) in [4.78, 5) is 49.3. The summed E-state index contributed by atoms with van der Waals surface area (Å²) in [6, 6.07) is 0. The lowest BCUT2D eigenvalue weighted by Gasteiger charge is -2.34. The summed E-state index contributed by atoms with van der Waals surface area (Å²) in [6.07, 6.45) is -10.6. The van der Waals surface area contributed by atoms with Gasteiger partial charge in [0.25, 0.3) is 15.6 Å². The fraction of sp³-hybridized carbons (Fsp3) is 0.500. The second-order valence-electron chi connectivity index (χ2n) is 9.81. The van der Waals surface area contributed by atoms with Gasteiger partial charge in [-0.2, -0.15) is 0 Å². The van der Waals surface area contributed by atoms with Crippen LogP contribution < -0.4 is 21.3 Å². The number of phosphoric acid groups is 2. The monoisotopic (exact) mass is 660 g/mol. The molecule has 0 aliphatic carbocycles. The van der Waals surface area contributed by atoms with E-state index in [1.807, 2.05) is 0 Å². The Kier molecular flexibility index (Phi) is 7.12. The van der Waals surface area contributed by atoms with Crippen molar-refractivity contribution in [1.82, 2.24) is 39.0 Å². The molecule has 3 saturated heterocycles. The van der Waals surface area contributed by atoms with Gasteiger partial charge in [-0.05, 0) is 0 Å². The van der Waals surface area contributed by atoms with E-state index in [0.717, 1.165) is 34.4 Å². The van der Waals surface area contributed by atoms with Crippen LogP contribution in [0, 0.1) is 0 Å². The van der Waals surface area contributed by atoms with Gasteiger partial charge in [0.05, 0.1) is 25.9 Å². The third-order valence-electron chi connectivity index (χ3n) is 7.15. The van der Waals surface area contributed by atoms with Crippen molar-refractivity contribution in [2.24, 2.45) is 0 Å². The first-order valence-corrected chi connectivity index (χ1v) is 15.6. The van der Waals surface area contributed by atoms with Crippen LogP contribution in [-0.2, 0) is 36.7 Å². The molecule has 0 bridgehead atoms. The number of alkyl halides is 2. The highest BCUT2D eigenvalue weighted by Gasteiger charge is 2.52. The van der Waals surface area contributed by atoms with Crippen molar-refractivity contribution in [2.75, 3.05) is 24.7 Å². The molecule has 3 aliphatic heterocycles. The van der Waals surface area contributed by atoms with Crippen molar-refractivity contribution in [2.45, 2.75) is 49.2 Å². The lowest BCUT2D eigenvalue weighted by molar-refractivity contribution is -0.244. The van der Waals surface area contributed by atoms with Gasteiger partial charge in [-0.3, -0.25) is 18.3 Å². The van der Waals surface area contributed by atoms with Gasteiger partial charge < -0.3 is 48.8 Å². The lowest BCUT2D eigenvalue weighted by Crippen LogP contribution is -2.39. The number of imidazole rings is 2. The number of fused-ring (bicyclic) bond motifs is 4. The number of halogens is 2. The second kappa shape index (κ2) is 10.7. The zero-order valence-electron chi connectivity index (χ0n) is 21.8. The zero-order valence-corrected chi connectivity index (χ0v) is 23.6. The molecule has 0 saturated carbocycles. The fourth-order valence-electron chi connectivity index (χ4n) is 5.16. The SMILES string of the molecule is Nc1ncnc2c1ncn2[C@@H]1O[C@@H]2COP(=O)([O-])O[C@H]3[C@@H](F)[C@H](n4cnc5c(N)ncnc54)O[C@@H]3COP(=O)([O-])O[C@H]2[C@H]1F. The number of nitrogens with two attached hydrogens (primary N) is 2. The Morgan fingerprint density at radius 3 is 1.55 bits per heavy atom. The third kappa shape index (κ3) is 5.02. The molecule has 236 valence electrons. The van der Waals surface area contributed by atoms with Crippen molar-refractivity contribution in [3.8, 4) is 0 Å². The maximum Gasteiger partial charge on any atom is 0.268 e. The average molecular weight is 660 g/mol. The molecule has 4 aromatic rings. The largest absolute Gasteiger partial charge is 0.756 e. The molecule has 0 aromatic carbocycles. The van der Waals surface area contributed by atoms with Gasteiger partial charge >= 0.3 is 0 Å².